The molecule has 1 radical (unpaired) electrons. The molecule has 2 N–H and O–H groups in total. The van der Waals surface area contributed by atoms with Gasteiger partial charge >= 0.3 is 0 Å². The minimum atomic E-state index is -0.375. The summed E-state index contributed by atoms with van der Waals surface area (Å²) in [4.78, 5) is 10.5. The molecular weight excluding hydrogens is 977 g/mol. The van der Waals surface area contributed by atoms with Gasteiger partial charge in [-0.1, -0.05) is 121 Å². The van der Waals surface area contributed by atoms with E-state index in [4.69, 9.17) is 10.2 Å². The summed E-state index contributed by atoms with van der Waals surface area (Å²) in [5, 5.41) is 19.6. The number of fused-ring (bicyclic) bond motifs is 3. The van der Waals surface area contributed by atoms with Gasteiger partial charge in [0.2, 0.25) is 0 Å². The van der Waals surface area contributed by atoms with Crippen LogP contribution in [0.5, 0.6) is 0 Å². The summed E-state index contributed by atoms with van der Waals surface area (Å²) in [5.41, 5.74) is 14.7. The Balaban J connectivity index is 0.000000249. The molecule has 2 heterocycles. The fourth-order valence-electron chi connectivity index (χ4n) is 7.92. The van der Waals surface area contributed by atoms with Crippen LogP contribution in [0.4, 0.5) is 17.1 Å². The molecule has 0 aliphatic rings. The van der Waals surface area contributed by atoms with Crippen LogP contribution in [0.3, 0.4) is 0 Å². The minimum absolute atomic E-state index is 0. The van der Waals surface area contributed by atoms with Crippen LogP contribution >= 0.6 is 0 Å². The summed E-state index contributed by atoms with van der Waals surface area (Å²) < 4.78 is 2.36. The molecule has 10 aromatic rings. The van der Waals surface area contributed by atoms with Crippen LogP contribution in [0.1, 0.15) is 26.0 Å². The fraction of sp³-hybridized carbons (Fsp3) is 0.103. The van der Waals surface area contributed by atoms with Gasteiger partial charge in [0.1, 0.15) is 6.33 Å². The number of aryl methyl sites for hydroxylation is 1. The number of aliphatic hydroxyl groups is 2. The zero-order chi connectivity index (χ0) is 44.3. The Bertz CT molecular complexity index is 3010. The van der Waals surface area contributed by atoms with Crippen molar-refractivity contribution < 1.29 is 30.3 Å². The maximum Gasteiger partial charge on any atom is 0.105 e. The Kier molecular flexibility index (Phi) is 15.6. The average Bonchev–Trinajstić information content (AvgIpc) is 3.67. The van der Waals surface area contributed by atoms with Gasteiger partial charge in [-0.2, -0.15) is 0 Å². The van der Waals surface area contributed by atoms with Crippen molar-refractivity contribution in [3.63, 3.8) is 0 Å². The Morgan fingerprint density at radius 3 is 1.60 bits per heavy atom. The molecule has 0 aliphatic carbocycles. The summed E-state index contributed by atoms with van der Waals surface area (Å²) in [6.07, 6.45) is 1.30. The molecule has 0 spiro atoms. The summed E-state index contributed by atoms with van der Waals surface area (Å²) in [7, 11) is 0. The smallest absolute Gasteiger partial charge is 0.105 e. The van der Waals surface area contributed by atoms with E-state index in [0.717, 1.165) is 34.0 Å². The number of benzene rings is 8. The Morgan fingerprint density at radius 2 is 1.02 bits per heavy atom. The van der Waals surface area contributed by atoms with E-state index in [1.54, 1.807) is 20.2 Å². The molecule has 8 aromatic carbocycles. The topological polar surface area (TPSA) is 74.4 Å². The van der Waals surface area contributed by atoms with E-state index in [1.165, 1.54) is 49.7 Å². The van der Waals surface area contributed by atoms with Gasteiger partial charge in [0.15, 0.2) is 0 Å². The van der Waals surface area contributed by atoms with Gasteiger partial charge in [-0.05, 0) is 122 Å². The number of anilines is 3. The van der Waals surface area contributed by atoms with E-state index in [1.807, 2.05) is 37.3 Å². The monoisotopic (exact) mass is 1030 g/mol. The van der Waals surface area contributed by atoms with Crippen molar-refractivity contribution in [3.05, 3.63) is 230 Å². The first-order valence-corrected chi connectivity index (χ1v) is 21.6. The molecule has 2 atom stereocenters. The summed E-state index contributed by atoms with van der Waals surface area (Å²) >= 11 is 0. The van der Waals surface area contributed by atoms with E-state index < -0.39 is 0 Å². The number of rotatable bonds is 9. The van der Waals surface area contributed by atoms with Gasteiger partial charge in [0.25, 0.3) is 0 Å². The number of hydrogen-bond donors (Lipinski definition) is 2. The minimum Gasteiger partial charge on any atom is -0.393 e. The third-order valence-electron chi connectivity index (χ3n) is 10.9. The van der Waals surface area contributed by atoms with Crippen LogP contribution in [-0.2, 0) is 20.1 Å². The second-order valence-corrected chi connectivity index (χ2v) is 15.8. The number of aliphatic hydroxyl groups excluding tert-OH is 2. The second-order valence-electron chi connectivity index (χ2n) is 15.8. The summed E-state index contributed by atoms with van der Waals surface area (Å²) in [6.45, 7) is 5.27. The second kappa shape index (κ2) is 22.1. The maximum atomic E-state index is 8.56. The summed E-state index contributed by atoms with van der Waals surface area (Å²) in [6, 6.07) is 77.8. The van der Waals surface area contributed by atoms with E-state index >= 15 is 0 Å². The molecule has 10 rings (SSSR count). The largest absolute Gasteiger partial charge is 0.393 e. The third-order valence-corrected chi connectivity index (χ3v) is 10.9. The number of para-hydroxylation sites is 3. The van der Waals surface area contributed by atoms with Crippen LogP contribution in [0.25, 0.3) is 61.0 Å². The Morgan fingerprint density at radius 1 is 0.508 bits per heavy atom. The van der Waals surface area contributed by atoms with Crippen molar-refractivity contribution in [1.29, 1.82) is 0 Å². The zero-order valence-electron chi connectivity index (χ0n) is 36.7. The van der Waals surface area contributed by atoms with Gasteiger partial charge in [0.05, 0.1) is 23.2 Å². The number of aromatic nitrogens is 3. The van der Waals surface area contributed by atoms with Crippen LogP contribution in [0.2, 0.25) is 0 Å². The number of nitrogens with zero attached hydrogens (tertiary/aromatic N) is 4. The van der Waals surface area contributed by atoms with Crippen molar-refractivity contribution in [2.24, 2.45) is 0 Å². The average molecular weight is 1030 g/mol. The molecule has 0 aliphatic heterocycles. The van der Waals surface area contributed by atoms with E-state index in [-0.39, 0.29) is 32.3 Å². The van der Waals surface area contributed by atoms with Crippen molar-refractivity contribution in [2.45, 2.75) is 39.4 Å². The van der Waals surface area contributed by atoms with Gasteiger partial charge in [-0.15, -0.1) is 35.9 Å². The van der Waals surface area contributed by atoms with E-state index in [2.05, 4.69) is 207 Å². The van der Waals surface area contributed by atoms with Crippen molar-refractivity contribution in [2.75, 3.05) is 4.90 Å². The van der Waals surface area contributed by atoms with Crippen LogP contribution in [0, 0.1) is 13.0 Å². The molecule has 0 amide bonds. The standard InChI is InChI=1S/C42H30N2.C11H9N2.C5H12O2.Ir/c1-4-12-31(13-5-1)32-20-25-37(26-21-32)43(35-14-6-2-7-15-35)38-27-22-33(23-28-38)34-24-29-42-40(30-34)39-18-10-11-19-41(39)44(42)36-16-8-3-9-17-36;1-9-7-11(13-8-12-9)10-5-3-2-4-6-10;1-4(6)3-5(2)7;/h1-30H;2-5,7-8H,1H3;4-7H,3H2,1-2H3;/q;-1;;. The first-order chi connectivity index (χ1) is 31.3. The van der Waals surface area contributed by atoms with Gasteiger partial charge in [-0.3, -0.25) is 4.98 Å². The van der Waals surface area contributed by atoms with Crippen molar-refractivity contribution in [1.82, 2.24) is 14.5 Å². The van der Waals surface area contributed by atoms with Gasteiger partial charge in [-0.25, -0.2) is 4.98 Å². The maximum absolute atomic E-state index is 8.56. The zero-order valence-corrected chi connectivity index (χ0v) is 39.1. The van der Waals surface area contributed by atoms with Crippen LogP contribution < -0.4 is 4.90 Å². The Labute approximate surface area is 395 Å². The molecule has 7 heteroatoms. The first kappa shape index (κ1) is 46.0. The molecule has 0 saturated carbocycles. The molecule has 0 saturated heterocycles. The normalized spacial score (nSPS) is 11.6. The molecule has 0 fully saturated rings. The molecule has 6 nitrogen and oxygen atoms in total. The number of hydrogen-bond acceptors (Lipinski definition) is 5. The predicted octanol–water partition coefficient (Wildman–Crippen LogP) is 14.0. The molecular formula is C58H51IrN4O2-. The third kappa shape index (κ3) is 11.4. The van der Waals surface area contributed by atoms with Gasteiger partial charge in [0, 0.05) is 59.3 Å². The van der Waals surface area contributed by atoms with Crippen molar-refractivity contribution in [3.8, 4) is 39.2 Å². The van der Waals surface area contributed by atoms with Gasteiger partial charge < -0.3 is 19.7 Å². The molecule has 65 heavy (non-hydrogen) atoms. The molecule has 2 unspecified atom stereocenters. The van der Waals surface area contributed by atoms with Crippen LogP contribution in [0.15, 0.2) is 219 Å². The SMILES string of the molecule is CC(O)CC(C)O.Cc1cc(-c2[c-]cccc2)ncn1.[Ir].c1ccc(-c2ccc(N(c3ccccc3)c3ccc(-c4ccc5c(c4)c4ccccc4n5-c4ccccc4)cc3)cc2)cc1. The van der Waals surface area contributed by atoms with Crippen LogP contribution in [-0.4, -0.2) is 37.0 Å². The van der Waals surface area contributed by atoms with Crippen molar-refractivity contribution >= 4 is 38.9 Å². The quantitative estimate of drug-likeness (QED) is 0.141. The molecule has 325 valence electrons. The molecule has 0 bridgehead atoms. The first-order valence-electron chi connectivity index (χ1n) is 21.6. The Hall–Kier alpha value is -6.99. The predicted molar refractivity (Wildman–Crippen MR) is 265 cm³/mol. The summed E-state index contributed by atoms with van der Waals surface area (Å²) in [5.74, 6) is 0. The fourth-order valence-corrected chi connectivity index (χ4v) is 7.92. The van der Waals surface area contributed by atoms with E-state index in [9.17, 15) is 0 Å². The van der Waals surface area contributed by atoms with E-state index in [0.29, 0.717) is 6.42 Å². The molecule has 2 aromatic heterocycles.